The minimum absolute atomic E-state index is 0.0326. The van der Waals surface area contributed by atoms with Crippen LogP contribution in [0.1, 0.15) is 53.4 Å². The van der Waals surface area contributed by atoms with Crippen molar-refractivity contribution in [2.45, 2.75) is 59.5 Å². The van der Waals surface area contributed by atoms with Crippen LogP contribution in [-0.4, -0.2) is 60.5 Å². The van der Waals surface area contributed by atoms with Crippen molar-refractivity contribution in [1.29, 1.82) is 0 Å². The zero-order valence-corrected chi connectivity index (χ0v) is 18.9. The molecule has 1 aromatic carbocycles. The van der Waals surface area contributed by atoms with Gasteiger partial charge in [-0.15, -0.1) is 0 Å². The molecule has 6 nitrogen and oxygen atoms in total. The molecule has 2 amide bonds. The van der Waals surface area contributed by atoms with Crippen LogP contribution < -0.4 is 9.47 Å². The average molecular weight is 417 g/mol. The Labute approximate surface area is 180 Å². The normalized spacial score (nSPS) is 18.9. The number of hydrogen-bond acceptors (Lipinski definition) is 4. The number of carbonyl (C=O) groups excluding carboxylic acids is 2. The maximum Gasteiger partial charge on any atom is 0.227 e. The first kappa shape index (κ1) is 22.4. The average Bonchev–Trinajstić information content (AvgIpc) is 2.74. The highest BCUT2D eigenvalue weighted by atomic mass is 16.5. The number of rotatable bonds is 5. The van der Waals surface area contributed by atoms with Crippen LogP contribution in [0.2, 0.25) is 0 Å². The third-order valence-electron chi connectivity index (χ3n) is 5.97. The van der Waals surface area contributed by atoms with Gasteiger partial charge < -0.3 is 19.3 Å². The van der Waals surface area contributed by atoms with Gasteiger partial charge in [-0.1, -0.05) is 32.9 Å². The Morgan fingerprint density at radius 3 is 2.07 bits per heavy atom. The Morgan fingerprint density at radius 2 is 1.50 bits per heavy atom. The first-order valence-corrected chi connectivity index (χ1v) is 11.3. The molecule has 2 saturated heterocycles. The zero-order valence-electron chi connectivity index (χ0n) is 18.9. The minimum Gasteiger partial charge on any atom is -0.490 e. The molecule has 30 heavy (non-hydrogen) atoms. The Bertz CT molecular complexity index is 727. The van der Waals surface area contributed by atoms with Gasteiger partial charge in [0, 0.05) is 50.4 Å². The number of hydrogen-bond donors (Lipinski definition) is 0. The lowest BCUT2D eigenvalue weighted by Gasteiger charge is -2.38. The SMILES string of the molecule is CCOc1ccccc1OC1CCN(C(=O)C2CCN(C(=O)C(C)(C)C)CC2)CC1. The fraction of sp³-hybridized carbons (Fsp3) is 0.667. The van der Waals surface area contributed by atoms with Crippen molar-refractivity contribution >= 4 is 11.8 Å². The summed E-state index contributed by atoms with van der Waals surface area (Å²) in [6.07, 6.45) is 3.28. The van der Waals surface area contributed by atoms with E-state index in [1.807, 2.05) is 61.8 Å². The Kier molecular flexibility index (Phi) is 7.27. The van der Waals surface area contributed by atoms with Crippen LogP contribution in [-0.2, 0) is 9.59 Å². The van der Waals surface area contributed by atoms with Gasteiger partial charge >= 0.3 is 0 Å². The highest BCUT2D eigenvalue weighted by Crippen LogP contribution is 2.30. The summed E-state index contributed by atoms with van der Waals surface area (Å²) >= 11 is 0. The van der Waals surface area contributed by atoms with Crippen LogP contribution >= 0.6 is 0 Å². The third kappa shape index (κ3) is 5.46. The summed E-state index contributed by atoms with van der Waals surface area (Å²) in [6, 6.07) is 7.76. The van der Waals surface area contributed by atoms with Crippen molar-refractivity contribution in [3.05, 3.63) is 24.3 Å². The lowest BCUT2D eigenvalue weighted by atomic mass is 9.90. The number of piperidine rings is 2. The summed E-state index contributed by atoms with van der Waals surface area (Å²) in [4.78, 5) is 29.4. The van der Waals surface area contributed by atoms with Crippen molar-refractivity contribution in [2.75, 3.05) is 32.8 Å². The standard InChI is InChI=1S/C24H36N2O4/c1-5-29-20-8-6-7-9-21(20)30-19-12-16-25(17-13-19)22(27)18-10-14-26(15-11-18)23(28)24(2,3)4/h6-9,18-19H,5,10-17H2,1-4H3. The summed E-state index contributed by atoms with van der Waals surface area (Å²) in [7, 11) is 0. The van der Waals surface area contributed by atoms with Crippen molar-refractivity contribution in [3.8, 4) is 11.5 Å². The first-order valence-electron chi connectivity index (χ1n) is 11.3. The van der Waals surface area contributed by atoms with E-state index in [0.29, 0.717) is 19.7 Å². The highest BCUT2D eigenvalue weighted by molar-refractivity contribution is 5.82. The largest absolute Gasteiger partial charge is 0.490 e. The van der Waals surface area contributed by atoms with E-state index in [4.69, 9.17) is 9.47 Å². The van der Waals surface area contributed by atoms with Gasteiger partial charge in [-0.25, -0.2) is 0 Å². The molecule has 166 valence electrons. The molecule has 2 aliphatic rings. The van der Waals surface area contributed by atoms with Gasteiger partial charge in [-0.3, -0.25) is 9.59 Å². The van der Waals surface area contributed by atoms with Crippen LogP contribution in [0, 0.1) is 11.3 Å². The van der Waals surface area contributed by atoms with Crippen molar-refractivity contribution in [2.24, 2.45) is 11.3 Å². The molecule has 0 radical (unpaired) electrons. The van der Waals surface area contributed by atoms with E-state index in [-0.39, 0.29) is 29.3 Å². The summed E-state index contributed by atoms with van der Waals surface area (Å²) in [5.74, 6) is 2.00. The van der Waals surface area contributed by atoms with Crippen molar-refractivity contribution < 1.29 is 19.1 Å². The molecule has 1 aromatic rings. The number of benzene rings is 1. The van der Waals surface area contributed by atoms with Gasteiger partial charge in [0.15, 0.2) is 11.5 Å². The smallest absolute Gasteiger partial charge is 0.227 e. The molecule has 0 aliphatic carbocycles. The number of para-hydroxylation sites is 2. The second kappa shape index (κ2) is 9.71. The second-order valence-corrected chi connectivity index (χ2v) is 9.34. The molecule has 2 fully saturated rings. The molecule has 6 heteroatoms. The number of ether oxygens (including phenoxy) is 2. The lowest BCUT2D eigenvalue weighted by Crippen LogP contribution is -2.49. The second-order valence-electron chi connectivity index (χ2n) is 9.34. The summed E-state index contributed by atoms with van der Waals surface area (Å²) in [5.41, 5.74) is -0.362. The molecule has 0 bridgehead atoms. The monoisotopic (exact) mass is 416 g/mol. The number of amides is 2. The predicted octanol–water partition coefficient (Wildman–Crippen LogP) is 3.74. The summed E-state index contributed by atoms with van der Waals surface area (Å²) in [5, 5.41) is 0. The van der Waals surface area contributed by atoms with E-state index in [1.165, 1.54) is 0 Å². The minimum atomic E-state index is -0.362. The molecule has 0 aromatic heterocycles. The molecule has 0 saturated carbocycles. The van der Waals surface area contributed by atoms with E-state index in [0.717, 1.165) is 50.3 Å². The molecule has 2 aliphatic heterocycles. The number of carbonyl (C=O) groups is 2. The van der Waals surface area contributed by atoms with E-state index in [2.05, 4.69) is 0 Å². The van der Waals surface area contributed by atoms with Gasteiger partial charge in [0.05, 0.1) is 6.61 Å². The Balaban J connectivity index is 1.47. The van der Waals surface area contributed by atoms with Crippen LogP contribution in [0.5, 0.6) is 11.5 Å². The number of likely N-dealkylation sites (tertiary alicyclic amines) is 2. The predicted molar refractivity (Wildman–Crippen MR) is 117 cm³/mol. The molecule has 2 heterocycles. The lowest BCUT2D eigenvalue weighted by molar-refractivity contribution is -0.145. The summed E-state index contributed by atoms with van der Waals surface area (Å²) in [6.45, 7) is 11.2. The van der Waals surface area contributed by atoms with Crippen LogP contribution in [0.15, 0.2) is 24.3 Å². The van der Waals surface area contributed by atoms with E-state index in [1.54, 1.807) is 0 Å². The van der Waals surface area contributed by atoms with Gasteiger partial charge in [0.1, 0.15) is 6.10 Å². The maximum atomic E-state index is 13.0. The van der Waals surface area contributed by atoms with E-state index < -0.39 is 0 Å². The molecular formula is C24H36N2O4. The van der Waals surface area contributed by atoms with Gasteiger partial charge in [0.25, 0.3) is 0 Å². The quantitative estimate of drug-likeness (QED) is 0.734. The fourth-order valence-electron chi connectivity index (χ4n) is 4.26. The fourth-order valence-corrected chi connectivity index (χ4v) is 4.26. The Morgan fingerprint density at radius 1 is 0.933 bits per heavy atom. The van der Waals surface area contributed by atoms with E-state index in [9.17, 15) is 9.59 Å². The third-order valence-corrected chi connectivity index (χ3v) is 5.97. The van der Waals surface area contributed by atoms with Crippen molar-refractivity contribution in [1.82, 2.24) is 9.80 Å². The van der Waals surface area contributed by atoms with Crippen LogP contribution in [0.4, 0.5) is 0 Å². The van der Waals surface area contributed by atoms with E-state index >= 15 is 0 Å². The topological polar surface area (TPSA) is 59.1 Å². The maximum absolute atomic E-state index is 13.0. The molecule has 0 spiro atoms. The molecular weight excluding hydrogens is 380 g/mol. The van der Waals surface area contributed by atoms with Gasteiger partial charge in [0.2, 0.25) is 11.8 Å². The molecule has 0 atom stereocenters. The van der Waals surface area contributed by atoms with Crippen LogP contribution in [0.25, 0.3) is 0 Å². The molecule has 0 unspecified atom stereocenters. The molecule has 3 rings (SSSR count). The van der Waals surface area contributed by atoms with Crippen molar-refractivity contribution in [3.63, 3.8) is 0 Å². The molecule has 0 N–H and O–H groups in total. The van der Waals surface area contributed by atoms with Gasteiger partial charge in [-0.2, -0.15) is 0 Å². The Hall–Kier alpha value is -2.24. The van der Waals surface area contributed by atoms with Gasteiger partial charge in [-0.05, 0) is 31.9 Å². The number of nitrogens with zero attached hydrogens (tertiary/aromatic N) is 2. The summed E-state index contributed by atoms with van der Waals surface area (Å²) < 4.78 is 11.8. The zero-order chi connectivity index (χ0) is 21.7. The first-order chi connectivity index (χ1) is 14.3. The highest BCUT2D eigenvalue weighted by Gasteiger charge is 2.35. The van der Waals surface area contributed by atoms with Crippen LogP contribution in [0.3, 0.4) is 0 Å².